The van der Waals surface area contributed by atoms with Gasteiger partial charge in [-0.3, -0.25) is 9.59 Å². The van der Waals surface area contributed by atoms with Gasteiger partial charge in [-0.15, -0.1) is 0 Å². The zero-order chi connectivity index (χ0) is 34.1. The molecule has 0 spiro atoms. The number of benzene rings is 3. The molecule has 0 bridgehead atoms. The second-order valence-corrected chi connectivity index (χ2v) is 14.5. The Morgan fingerprint density at radius 3 is 2.45 bits per heavy atom. The maximum Gasteiger partial charge on any atom is 0.258 e. The zero-order valence-corrected chi connectivity index (χ0v) is 28.7. The van der Waals surface area contributed by atoms with Crippen molar-refractivity contribution in [2.75, 3.05) is 38.7 Å². The van der Waals surface area contributed by atoms with E-state index in [0.717, 1.165) is 18.4 Å². The molecule has 0 radical (unpaired) electrons. The van der Waals surface area contributed by atoms with Crippen molar-refractivity contribution in [2.45, 2.75) is 70.1 Å². The summed E-state index contributed by atoms with van der Waals surface area (Å²) in [5, 5.41) is 13.1. The van der Waals surface area contributed by atoms with Crippen LogP contribution in [0.3, 0.4) is 0 Å². The molecule has 1 aliphatic heterocycles. The van der Waals surface area contributed by atoms with Crippen LogP contribution < -0.4 is 10.1 Å². The van der Waals surface area contributed by atoms with Crippen molar-refractivity contribution in [3.05, 3.63) is 89.5 Å². The lowest BCUT2D eigenvalue weighted by Gasteiger charge is -2.35. The molecule has 0 aliphatic carbocycles. The Bertz CT molecular complexity index is 1600. The van der Waals surface area contributed by atoms with Gasteiger partial charge in [0.1, 0.15) is 5.75 Å². The number of hydrogen-bond acceptors (Lipinski definition) is 7. The largest absolute Gasteiger partial charge is 0.490 e. The SMILES string of the molecule is Cc1ccc(S(=O)(=O)N(C)C[C@H]2OCCCC[C@@H](C)Oc3ccc(NC(=O)c4ccccc4)cc3C(=O)N([C@@H](C)CO)C[C@H]2C)cc1. The van der Waals surface area contributed by atoms with Crippen molar-refractivity contribution in [2.24, 2.45) is 5.92 Å². The van der Waals surface area contributed by atoms with Crippen LogP contribution in [-0.4, -0.2) is 86.1 Å². The normalized spacial score (nSPS) is 20.5. The van der Waals surface area contributed by atoms with E-state index in [1.165, 1.54) is 11.4 Å². The number of rotatable bonds is 8. The van der Waals surface area contributed by atoms with E-state index in [-0.39, 0.29) is 54.0 Å². The predicted molar refractivity (Wildman–Crippen MR) is 182 cm³/mol. The maximum absolute atomic E-state index is 14.3. The van der Waals surface area contributed by atoms with Gasteiger partial charge in [0.15, 0.2) is 0 Å². The first-order valence-corrected chi connectivity index (χ1v) is 17.6. The number of aliphatic hydroxyl groups excluding tert-OH is 1. The molecule has 0 saturated carbocycles. The fourth-order valence-corrected chi connectivity index (χ4v) is 6.68. The Hall–Kier alpha value is -3.77. The minimum absolute atomic E-state index is 0.0820. The van der Waals surface area contributed by atoms with E-state index in [0.29, 0.717) is 30.0 Å². The number of sulfonamides is 1. The van der Waals surface area contributed by atoms with Gasteiger partial charge >= 0.3 is 0 Å². The quantitative estimate of drug-likeness (QED) is 0.332. The average Bonchev–Trinajstić information content (AvgIpc) is 3.06. The predicted octanol–water partition coefficient (Wildman–Crippen LogP) is 5.36. The molecule has 4 atom stereocenters. The number of aliphatic hydroxyl groups is 1. The number of nitrogens with one attached hydrogen (secondary N) is 1. The highest BCUT2D eigenvalue weighted by atomic mass is 32.2. The number of likely N-dealkylation sites (N-methyl/N-ethyl adjacent to an activating group) is 1. The molecule has 2 amide bonds. The molecule has 10 nitrogen and oxygen atoms in total. The minimum atomic E-state index is -3.79. The Labute approximate surface area is 278 Å². The van der Waals surface area contributed by atoms with Crippen molar-refractivity contribution >= 4 is 27.5 Å². The molecule has 47 heavy (non-hydrogen) atoms. The molecule has 0 aromatic heterocycles. The standard InChI is InChI=1S/C36H47N3O7S/c1-25-14-17-31(18-15-25)47(43,44)38(5)23-34-26(2)22-39(27(3)24-40)36(42)32-21-30(37-35(41)29-12-7-6-8-13-29)16-19-33(32)46-28(4)11-9-10-20-45-34/h6-8,12-19,21,26-28,34,40H,9-11,20,22-24H2,1-5H3,(H,37,41)/t26-,27+,28-,34-/m1/s1. The van der Waals surface area contributed by atoms with Crippen LogP contribution in [0.5, 0.6) is 5.75 Å². The molecule has 0 fully saturated rings. The van der Waals surface area contributed by atoms with Crippen molar-refractivity contribution in [3.8, 4) is 5.75 Å². The first-order chi connectivity index (χ1) is 22.4. The van der Waals surface area contributed by atoms with Crippen LogP contribution >= 0.6 is 0 Å². The monoisotopic (exact) mass is 665 g/mol. The molecule has 1 heterocycles. The number of carbonyl (C=O) groups is 2. The fraction of sp³-hybridized carbons (Fsp3) is 0.444. The highest BCUT2D eigenvalue weighted by molar-refractivity contribution is 7.89. The third kappa shape index (κ3) is 9.41. The molecule has 0 saturated heterocycles. The second-order valence-electron chi connectivity index (χ2n) is 12.4. The van der Waals surface area contributed by atoms with Gasteiger partial charge in [-0.05, 0) is 82.5 Å². The highest BCUT2D eigenvalue weighted by Gasteiger charge is 2.32. The summed E-state index contributed by atoms with van der Waals surface area (Å²) in [4.78, 5) is 29.0. The summed E-state index contributed by atoms with van der Waals surface area (Å²) < 4.78 is 40.8. The van der Waals surface area contributed by atoms with Crippen molar-refractivity contribution in [3.63, 3.8) is 0 Å². The number of fused-ring (bicyclic) bond motifs is 1. The molecular formula is C36H47N3O7S. The smallest absolute Gasteiger partial charge is 0.258 e. The molecule has 2 N–H and O–H groups in total. The number of aryl methyl sites for hydroxylation is 1. The van der Waals surface area contributed by atoms with Gasteiger partial charge in [0, 0.05) is 43.9 Å². The molecular weight excluding hydrogens is 618 g/mol. The molecule has 3 aromatic rings. The lowest BCUT2D eigenvalue weighted by atomic mass is 10.0. The van der Waals surface area contributed by atoms with Crippen molar-refractivity contribution in [1.29, 1.82) is 0 Å². The lowest BCUT2D eigenvalue weighted by Crippen LogP contribution is -2.48. The van der Waals surface area contributed by atoms with Crippen LogP contribution in [-0.2, 0) is 14.8 Å². The molecule has 254 valence electrons. The second kappa shape index (κ2) is 16.4. The Balaban J connectivity index is 1.65. The fourth-order valence-electron chi connectivity index (χ4n) is 5.50. The van der Waals surface area contributed by atoms with Crippen LogP contribution in [0.2, 0.25) is 0 Å². The number of nitrogens with zero attached hydrogens (tertiary/aromatic N) is 2. The summed E-state index contributed by atoms with van der Waals surface area (Å²) in [5.41, 5.74) is 2.12. The Morgan fingerprint density at radius 2 is 1.77 bits per heavy atom. The third-order valence-corrected chi connectivity index (χ3v) is 10.3. The van der Waals surface area contributed by atoms with Crippen molar-refractivity contribution in [1.82, 2.24) is 9.21 Å². The summed E-state index contributed by atoms with van der Waals surface area (Å²) in [5.74, 6) is -0.618. The number of hydrogen-bond donors (Lipinski definition) is 2. The number of carbonyl (C=O) groups excluding carboxylic acids is 2. The summed E-state index contributed by atoms with van der Waals surface area (Å²) in [7, 11) is -2.25. The summed E-state index contributed by atoms with van der Waals surface area (Å²) >= 11 is 0. The van der Waals surface area contributed by atoms with E-state index in [4.69, 9.17) is 9.47 Å². The average molecular weight is 666 g/mol. The first kappa shape index (κ1) is 36.1. The van der Waals surface area contributed by atoms with Crippen LogP contribution in [0.4, 0.5) is 5.69 Å². The van der Waals surface area contributed by atoms with Crippen LogP contribution in [0.25, 0.3) is 0 Å². The molecule has 4 rings (SSSR count). The van der Waals surface area contributed by atoms with E-state index < -0.39 is 22.2 Å². The first-order valence-electron chi connectivity index (χ1n) is 16.1. The van der Waals surface area contributed by atoms with Gasteiger partial charge in [0.25, 0.3) is 11.8 Å². The minimum Gasteiger partial charge on any atom is -0.490 e. The Kier molecular flexibility index (Phi) is 12.6. The van der Waals surface area contributed by atoms with Crippen molar-refractivity contribution < 1.29 is 32.6 Å². The van der Waals surface area contributed by atoms with E-state index in [9.17, 15) is 23.1 Å². The number of ether oxygens (including phenoxy) is 2. The van der Waals surface area contributed by atoms with Crippen LogP contribution in [0, 0.1) is 12.8 Å². The molecule has 3 aromatic carbocycles. The van der Waals surface area contributed by atoms with Gasteiger partial charge in [-0.2, -0.15) is 4.31 Å². The topological polar surface area (TPSA) is 125 Å². The molecule has 1 aliphatic rings. The molecule has 11 heteroatoms. The zero-order valence-electron chi connectivity index (χ0n) is 27.9. The number of amides is 2. The molecule has 0 unspecified atom stereocenters. The van der Waals surface area contributed by atoms with E-state index in [1.807, 2.05) is 26.8 Å². The van der Waals surface area contributed by atoms with Crippen LogP contribution in [0.1, 0.15) is 66.3 Å². The maximum atomic E-state index is 14.3. The summed E-state index contributed by atoms with van der Waals surface area (Å²) in [6.07, 6.45) is 1.52. The lowest BCUT2D eigenvalue weighted by molar-refractivity contribution is -0.00834. The van der Waals surface area contributed by atoms with Gasteiger partial charge in [0.05, 0.1) is 35.3 Å². The van der Waals surface area contributed by atoms with Gasteiger partial charge in [-0.1, -0.05) is 42.8 Å². The van der Waals surface area contributed by atoms with Gasteiger partial charge in [0.2, 0.25) is 10.0 Å². The summed E-state index contributed by atoms with van der Waals surface area (Å²) in [6, 6.07) is 20.0. The van der Waals surface area contributed by atoms with Crippen LogP contribution in [0.15, 0.2) is 77.7 Å². The van der Waals surface area contributed by atoms with Gasteiger partial charge in [-0.25, -0.2) is 8.42 Å². The Morgan fingerprint density at radius 1 is 1.06 bits per heavy atom. The van der Waals surface area contributed by atoms with E-state index in [1.54, 1.807) is 78.6 Å². The summed E-state index contributed by atoms with van der Waals surface area (Å²) in [6.45, 7) is 7.91. The van der Waals surface area contributed by atoms with Gasteiger partial charge < -0.3 is 24.8 Å². The number of anilines is 1. The highest BCUT2D eigenvalue weighted by Crippen LogP contribution is 2.29. The van der Waals surface area contributed by atoms with E-state index >= 15 is 0 Å². The van der Waals surface area contributed by atoms with E-state index in [2.05, 4.69) is 5.32 Å². The third-order valence-electron chi connectivity index (χ3n) is 8.51.